The fourth-order valence-electron chi connectivity index (χ4n) is 4.94. The maximum absolute atomic E-state index is 12.7. The first-order valence-corrected chi connectivity index (χ1v) is 10.5. The van der Waals surface area contributed by atoms with Crippen LogP contribution in [0.5, 0.6) is 0 Å². The normalized spacial score (nSPS) is 18.7. The van der Waals surface area contributed by atoms with Gasteiger partial charge in [0.25, 0.3) is 0 Å². The Labute approximate surface area is 180 Å². The lowest BCUT2D eigenvalue weighted by molar-refractivity contribution is -0.142. The molecule has 2 aliphatic carbocycles. The van der Waals surface area contributed by atoms with Gasteiger partial charge in [0.1, 0.15) is 6.61 Å². The van der Waals surface area contributed by atoms with Gasteiger partial charge in [-0.3, -0.25) is 4.79 Å². The Morgan fingerprint density at radius 1 is 0.968 bits per heavy atom. The van der Waals surface area contributed by atoms with E-state index < -0.39 is 24.0 Å². The number of fused-ring (bicyclic) bond motifs is 4. The third kappa shape index (κ3) is 3.36. The lowest BCUT2D eigenvalue weighted by atomic mass is 9.98. The van der Waals surface area contributed by atoms with Crippen LogP contribution in [0.3, 0.4) is 0 Å². The first-order chi connectivity index (χ1) is 15.0. The van der Waals surface area contributed by atoms with Crippen LogP contribution < -0.4 is 5.32 Å². The van der Waals surface area contributed by atoms with Crippen molar-refractivity contribution in [2.75, 3.05) is 6.61 Å². The van der Waals surface area contributed by atoms with Crippen molar-refractivity contribution in [3.8, 4) is 11.1 Å². The van der Waals surface area contributed by atoms with Crippen LogP contribution >= 0.6 is 0 Å². The smallest absolute Gasteiger partial charge is 0.407 e. The Bertz CT molecular complexity index is 1140. The number of hydrogen-bond donors (Lipinski definition) is 2. The van der Waals surface area contributed by atoms with Crippen molar-refractivity contribution in [3.63, 3.8) is 0 Å². The molecule has 5 nitrogen and oxygen atoms in total. The maximum atomic E-state index is 12.7. The molecule has 0 spiro atoms. The summed E-state index contributed by atoms with van der Waals surface area (Å²) in [5.74, 6) is -1.65. The largest absolute Gasteiger partial charge is 0.481 e. The van der Waals surface area contributed by atoms with Gasteiger partial charge < -0.3 is 15.2 Å². The zero-order valence-electron chi connectivity index (χ0n) is 17.2. The highest BCUT2D eigenvalue weighted by Crippen LogP contribution is 2.44. The number of aryl methyl sites for hydroxylation is 1. The zero-order valence-corrected chi connectivity index (χ0v) is 17.2. The van der Waals surface area contributed by atoms with Crippen molar-refractivity contribution in [2.45, 2.75) is 25.3 Å². The Balaban J connectivity index is 1.34. The average molecular weight is 413 g/mol. The van der Waals surface area contributed by atoms with E-state index in [9.17, 15) is 14.7 Å². The van der Waals surface area contributed by atoms with Gasteiger partial charge in [0.05, 0.1) is 12.0 Å². The van der Waals surface area contributed by atoms with E-state index in [1.807, 2.05) is 49.4 Å². The van der Waals surface area contributed by atoms with E-state index in [1.54, 1.807) is 0 Å². The van der Waals surface area contributed by atoms with Gasteiger partial charge >= 0.3 is 12.1 Å². The number of alkyl carbamates (subject to hydrolysis) is 1. The molecule has 0 aromatic heterocycles. The van der Waals surface area contributed by atoms with E-state index in [2.05, 4.69) is 29.6 Å². The van der Waals surface area contributed by atoms with Gasteiger partial charge in [-0.1, -0.05) is 72.3 Å². The predicted molar refractivity (Wildman–Crippen MR) is 117 cm³/mol. The number of carboxylic acids is 1. The van der Waals surface area contributed by atoms with Crippen LogP contribution in [0.25, 0.3) is 11.1 Å². The number of carboxylic acid groups (broad SMARTS) is 1. The Hall–Kier alpha value is -3.60. The molecule has 3 aromatic carbocycles. The molecular weight excluding hydrogens is 390 g/mol. The monoisotopic (exact) mass is 413 g/mol. The maximum Gasteiger partial charge on any atom is 0.407 e. The number of carbonyl (C=O) groups is 2. The highest BCUT2D eigenvalue weighted by molar-refractivity contribution is 5.79. The molecule has 0 saturated carbocycles. The number of aliphatic carboxylic acids is 1. The van der Waals surface area contributed by atoms with Crippen LogP contribution in [0, 0.1) is 12.8 Å². The number of nitrogens with one attached hydrogen (secondary N) is 1. The van der Waals surface area contributed by atoms with Gasteiger partial charge in [0, 0.05) is 5.92 Å². The second kappa shape index (κ2) is 7.58. The van der Waals surface area contributed by atoms with Crippen LogP contribution in [-0.2, 0) is 16.0 Å². The molecule has 0 saturated heterocycles. The Morgan fingerprint density at radius 3 is 2.26 bits per heavy atom. The van der Waals surface area contributed by atoms with Crippen LogP contribution in [0.15, 0.2) is 66.7 Å². The van der Waals surface area contributed by atoms with Crippen LogP contribution in [0.2, 0.25) is 0 Å². The van der Waals surface area contributed by atoms with Gasteiger partial charge in [0.15, 0.2) is 0 Å². The fourth-order valence-corrected chi connectivity index (χ4v) is 4.94. The summed E-state index contributed by atoms with van der Waals surface area (Å²) in [6.45, 7) is 2.16. The predicted octanol–water partition coefficient (Wildman–Crippen LogP) is 4.83. The molecule has 156 valence electrons. The third-order valence-corrected chi connectivity index (χ3v) is 6.41. The second-order valence-electron chi connectivity index (χ2n) is 8.30. The van der Waals surface area contributed by atoms with Crippen molar-refractivity contribution >= 4 is 12.1 Å². The van der Waals surface area contributed by atoms with Gasteiger partial charge in [-0.2, -0.15) is 0 Å². The van der Waals surface area contributed by atoms with Crippen molar-refractivity contribution in [3.05, 3.63) is 94.5 Å². The van der Waals surface area contributed by atoms with Crippen LogP contribution in [0.4, 0.5) is 4.79 Å². The summed E-state index contributed by atoms with van der Waals surface area (Å²) in [5, 5.41) is 12.5. The highest BCUT2D eigenvalue weighted by atomic mass is 16.5. The van der Waals surface area contributed by atoms with E-state index >= 15 is 0 Å². The number of carbonyl (C=O) groups excluding carboxylic acids is 1. The van der Waals surface area contributed by atoms with Crippen molar-refractivity contribution in [1.29, 1.82) is 0 Å². The first kappa shape index (κ1) is 19.4. The lowest BCUT2D eigenvalue weighted by Crippen LogP contribution is -2.35. The molecule has 0 aliphatic heterocycles. The average Bonchev–Trinajstić information content (AvgIpc) is 3.28. The summed E-state index contributed by atoms with van der Waals surface area (Å²) in [5.41, 5.74) is 7.46. The Morgan fingerprint density at radius 2 is 1.61 bits per heavy atom. The van der Waals surface area contributed by atoms with Crippen molar-refractivity contribution < 1.29 is 19.4 Å². The molecule has 31 heavy (non-hydrogen) atoms. The van der Waals surface area contributed by atoms with Gasteiger partial charge in [-0.15, -0.1) is 0 Å². The first-order valence-electron chi connectivity index (χ1n) is 10.5. The summed E-state index contributed by atoms with van der Waals surface area (Å²) >= 11 is 0. The van der Waals surface area contributed by atoms with Crippen LogP contribution in [-0.4, -0.2) is 23.8 Å². The third-order valence-electron chi connectivity index (χ3n) is 6.41. The summed E-state index contributed by atoms with van der Waals surface area (Å²) < 4.78 is 5.63. The molecule has 2 atom stereocenters. The molecule has 0 unspecified atom stereocenters. The molecule has 0 radical (unpaired) electrons. The molecular formula is C26H23NO4. The number of hydrogen-bond acceptors (Lipinski definition) is 3. The quantitative estimate of drug-likeness (QED) is 0.642. The van der Waals surface area contributed by atoms with E-state index in [-0.39, 0.29) is 12.5 Å². The minimum atomic E-state index is -0.919. The lowest BCUT2D eigenvalue weighted by Gasteiger charge is -2.20. The van der Waals surface area contributed by atoms with E-state index in [0.29, 0.717) is 6.42 Å². The molecule has 5 rings (SSSR count). The molecule has 1 amide bonds. The van der Waals surface area contributed by atoms with Gasteiger partial charge in [-0.05, 0) is 46.7 Å². The zero-order chi connectivity index (χ0) is 21.5. The highest BCUT2D eigenvalue weighted by Gasteiger charge is 2.39. The fraction of sp³-hybridized carbons (Fsp3) is 0.231. The molecule has 3 aromatic rings. The topological polar surface area (TPSA) is 75.6 Å². The molecule has 5 heteroatoms. The van der Waals surface area contributed by atoms with E-state index in [1.165, 1.54) is 11.1 Å². The molecule has 2 aliphatic rings. The number of amides is 1. The second-order valence-corrected chi connectivity index (χ2v) is 8.30. The number of ether oxygens (including phenoxy) is 1. The van der Waals surface area contributed by atoms with Gasteiger partial charge in [0.2, 0.25) is 0 Å². The molecule has 0 fully saturated rings. The van der Waals surface area contributed by atoms with E-state index in [0.717, 1.165) is 27.8 Å². The van der Waals surface area contributed by atoms with Crippen LogP contribution in [0.1, 0.15) is 39.8 Å². The number of benzene rings is 3. The van der Waals surface area contributed by atoms with Crippen molar-refractivity contribution in [2.24, 2.45) is 5.92 Å². The number of rotatable bonds is 4. The summed E-state index contributed by atoms with van der Waals surface area (Å²) in [6.07, 6.45) is -0.188. The SMILES string of the molecule is Cc1ccc2c(c1)[C@@H](NC(=O)OCC1c3ccccc3-c3ccccc31)[C@@H](C(=O)O)C2. The minimum Gasteiger partial charge on any atom is -0.481 e. The van der Waals surface area contributed by atoms with Gasteiger partial charge in [-0.25, -0.2) is 4.79 Å². The summed E-state index contributed by atoms with van der Waals surface area (Å²) in [7, 11) is 0. The molecule has 0 bridgehead atoms. The minimum absolute atomic E-state index is 0.0356. The molecule has 0 heterocycles. The summed E-state index contributed by atoms with van der Waals surface area (Å²) in [4.78, 5) is 24.5. The Kier molecular flexibility index (Phi) is 4.74. The summed E-state index contributed by atoms with van der Waals surface area (Å²) in [6, 6.07) is 21.6. The standard InChI is InChI=1S/C26H23NO4/c1-15-10-11-16-13-22(25(28)29)24(21(16)12-15)27-26(30)31-14-23-19-8-4-2-6-17(19)18-7-3-5-9-20(18)23/h2-12,22-24H,13-14H2,1H3,(H,27,30)(H,28,29)/t22-,24+/m0/s1. The van der Waals surface area contributed by atoms with E-state index in [4.69, 9.17) is 4.74 Å². The molecule has 2 N–H and O–H groups in total. The van der Waals surface area contributed by atoms with Crippen molar-refractivity contribution in [1.82, 2.24) is 5.32 Å².